The Bertz CT molecular complexity index is 711. The van der Waals surface area contributed by atoms with Crippen LogP contribution in [-0.2, 0) is 4.79 Å². The third kappa shape index (κ3) is 3.22. The fourth-order valence-electron chi connectivity index (χ4n) is 3.73. The van der Waals surface area contributed by atoms with Gasteiger partial charge in [-0.15, -0.1) is 13.2 Å². The number of aliphatic imine (C=N–C) groups is 1. The van der Waals surface area contributed by atoms with Gasteiger partial charge in [-0.2, -0.15) is 4.99 Å². The monoisotopic (exact) mass is 339 g/mol. The summed E-state index contributed by atoms with van der Waals surface area (Å²) in [5, 5.41) is 0. The van der Waals surface area contributed by atoms with E-state index in [0.29, 0.717) is 5.56 Å². The molecule has 4 atom stereocenters. The molecule has 0 spiro atoms. The summed E-state index contributed by atoms with van der Waals surface area (Å²) >= 11 is 0. The smallest absolute Gasteiger partial charge is 0.406 e. The summed E-state index contributed by atoms with van der Waals surface area (Å²) in [4.78, 5) is 16.0. The minimum atomic E-state index is -4.76. The number of carbonyl (C=O) groups excluding carboxylic acids is 1. The molecule has 0 heterocycles. The van der Waals surface area contributed by atoms with Crippen molar-refractivity contribution >= 4 is 11.9 Å². The maximum Gasteiger partial charge on any atom is 0.573 e. The van der Waals surface area contributed by atoms with Gasteiger partial charge in [-0.25, -0.2) is 0 Å². The maximum absolute atomic E-state index is 12.4. The number of nitrogens with two attached hydrogens (primary N) is 2. The number of hydrogen-bond acceptors (Lipinski definition) is 2. The van der Waals surface area contributed by atoms with Crippen LogP contribution in [0.15, 0.2) is 41.4 Å². The molecule has 2 bridgehead atoms. The van der Waals surface area contributed by atoms with Crippen LogP contribution in [-0.4, -0.2) is 18.2 Å². The van der Waals surface area contributed by atoms with Crippen LogP contribution in [0.25, 0.3) is 0 Å². The van der Waals surface area contributed by atoms with Gasteiger partial charge in [0.2, 0.25) is 0 Å². The molecule has 4 N–H and O–H groups in total. The molecule has 2 aliphatic rings. The van der Waals surface area contributed by atoms with Crippen LogP contribution in [0, 0.1) is 17.8 Å². The van der Waals surface area contributed by atoms with Gasteiger partial charge in [0.25, 0.3) is 5.91 Å². The molecule has 0 aliphatic heterocycles. The van der Waals surface area contributed by atoms with Crippen LogP contribution in [0.4, 0.5) is 13.2 Å². The third-order valence-corrected chi connectivity index (χ3v) is 4.46. The number of amides is 1. The van der Waals surface area contributed by atoms with Gasteiger partial charge < -0.3 is 16.2 Å². The molecule has 0 radical (unpaired) electrons. The number of halogens is 3. The molecule has 8 heteroatoms. The second kappa shape index (κ2) is 5.85. The molecule has 1 aromatic rings. The molecule has 0 saturated heterocycles. The molecule has 128 valence electrons. The fraction of sp³-hybridized carbons (Fsp3) is 0.375. The van der Waals surface area contributed by atoms with Gasteiger partial charge >= 0.3 is 6.36 Å². The highest BCUT2D eigenvalue weighted by atomic mass is 19.4. The van der Waals surface area contributed by atoms with Crippen molar-refractivity contribution in [1.82, 2.24) is 0 Å². The van der Waals surface area contributed by atoms with E-state index in [0.717, 1.165) is 6.42 Å². The molecule has 2 unspecified atom stereocenters. The van der Waals surface area contributed by atoms with Crippen LogP contribution in [0.1, 0.15) is 17.9 Å². The summed E-state index contributed by atoms with van der Waals surface area (Å²) in [6.07, 6.45) is -0.0694. The topological polar surface area (TPSA) is 90.7 Å². The van der Waals surface area contributed by atoms with E-state index in [2.05, 4.69) is 9.73 Å². The number of alkyl halides is 3. The molecule has 0 aromatic heterocycles. The molecule has 24 heavy (non-hydrogen) atoms. The zero-order valence-electron chi connectivity index (χ0n) is 12.5. The van der Waals surface area contributed by atoms with Crippen molar-refractivity contribution in [2.75, 3.05) is 0 Å². The molecule has 3 rings (SSSR count). The van der Waals surface area contributed by atoms with E-state index in [9.17, 15) is 18.0 Å². The fourth-order valence-corrected chi connectivity index (χ4v) is 3.73. The van der Waals surface area contributed by atoms with Gasteiger partial charge in [0.05, 0.1) is 5.92 Å². The van der Waals surface area contributed by atoms with Gasteiger partial charge in [0.15, 0.2) is 5.96 Å². The van der Waals surface area contributed by atoms with Crippen molar-refractivity contribution in [3.05, 3.63) is 42.0 Å². The van der Waals surface area contributed by atoms with Crippen molar-refractivity contribution < 1.29 is 22.7 Å². The normalized spacial score (nSPS) is 28.0. The van der Waals surface area contributed by atoms with Crippen molar-refractivity contribution in [3.63, 3.8) is 0 Å². The Hall–Kier alpha value is -2.51. The summed E-state index contributed by atoms with van der Waals surface area (Å²) < 4.78 is 41.2. The first-order valence-corrected chi connectivity index (χ1v) is 7.42. The van der Waals surface area contributed by atoms with E-state index in [1.54, 1.807) is 6.07 Å². The van der Waals surface area contributed by atoms with Crippen LogP contribution in [0.3, 0.4) is 0 Å². The predicted molar refractivity (Wildman–Crippen MR) is 80.9 cm³/mol. The molecule has 1 saturated carbocycles. The summed E-state index contributed by atoms with van der Waals surface area (Å²) in [5.74, 6) is -1.77. The Morgan fingerprint density at radius 1 is 1.21 bits per heavy atom. The van der Waals surface area contributed by atoms with E-state index in [-0.39, 0.29) is 29.5 Å². The number of benzene rings is 1. The number of guanidine groups is 1. The zero-order chi connectivity index (χ0) is 17.5. The summed E-state index contributed by atoms with van der Waals surface area (Å²) in [6, 6.07) is 5.72. The van der Waals surface area contributed by atoms with Crippen molar-refractivity contribution in [1.29, 1.82) is 0 Å². The predicted octanol–water partition coefficient (Wildman–Crippen LogP) is 2.29. The number of rotatable bonds is 3. The van der Waals surface area contributed by atoms with E-state index in [4.69, 9.17) is 11.5 Å². The average Bonchev–Trinajstić information content (AvgIpc) is 3.05. The Labute approximate surface area is 136 Å². The SMILES string of the molecule is NC(N)=NC(=O)[C@@H]1C2C=CC(C2)[C@H]1c1cccc(OC(F)(F)F)c1. The van der Waals surface area contributed by atoms with Crippen LogP contribution in [0.5, 0.6) is 5.75 Å². The Kier molecular flexibility index (Phi) is 3.98. The number of nitrogens with zero attached hydrogens (tertiary/aromatic N) is 1. The van der Waals surface area contributed by atoms with Gasteiger partial charge in [0, 0.05) is 5.92 Å². The highest BCUT2D eigenvalue weighted by molar-refractivity contribution is 5.93. The van der Waals surface area contributed by atoms with Crippen molar-refractivity contribution in [2.45, 2.75) is 18.7 Å². The van der Waals surface area contributed by atoms with E-state index in [1.165, 1.54) is 18.2 Å². The Morgan fingerprint density at radius 2 is 1.92 bits per heavy atom. The number of carbonyl (C=O) groups is 1. The Morgan fingerprint density at radius 3 is 2.58 bits per heavy atom. The van der Waals surface area contributed by atoms with Crippen molar-refractivity contribution in [2.24, 2.45) is 34.2 Å². The van der Waals surface area contributed by atoms with E-state index in [1.807, 2.05) is 12.2 Å². The highest BCUT2D eigenvalue weighted by Crippen LogP contribution is 2.53. The molecule has 1 amide bonds. The van der Waals surface area contributed by atoms with Crippen LogP contribution >= 0.6 is 0 Å². The molecular formula is C16H16F3N3O2. The van der Waals surface area contributed by atoms with Gasteiger partial charge in [-0.1, -0.05) is 24.3 Å². The summed E-state index contributed by atoms with van der Waals surface area (Å²) in [6.45, 7) is 0. The van der Waals surface area contributed by atoms with Crippen LogP contribution < -0.4 is 16.2 Å². The zero-order valence-corrected chi connectivity index (χ0v) is 12.5. The number of allylic oxidation sites excluding steroid dienone is 2. The minimum absolute atomic E-state index is 0.0113. The standard InChI is InChI=1S/C16H16F3N3O2/c17-16(18,19)24-11-3-1-2-8(7-11)12-9-4-5-10(6-9)13(12)14(23)22-15(20)21/h1-5,7,9-10,12-13H,6H2,(H4,20,21,22,23)/t9?,10?,12-,13-/m1/s1. The molecule has 5 nitrogen and oxygen atoms in total. The highest BCUT2D eigenvalue weighted by Gasteiger charge is 2.48. The van der Waals surface area contributed by atoms with Gasteiger partial charge in [-0.3, -0.25) is 4.79 Å². The average molecular weight is 339 g/mol. The summed E-state index contributed by atoms with van der Waals surface area (Å²) in [7, 11) is 0. The van der Waals surface area contributed by atoms with Gasteiger partial charge in [-0.05, 0) is 36.0 Å². The second-order valence-corrected chi connectivity index (χ2v) is 6.00. The third-order valence-electron chi connectivity index (χ3n) is 4.46. The first-order valence-electron chi connectivity index (χ1n) is 7.42. The largest absolute Gasteiger partial charge is 0.573 e. The van der Waals surface area contributed by atoms with Crippen LogP contribution in [0.2, 0.25) is 0 Å². The minimum Gasteiger partial charge on any atom is -0.406 e. The first kappa shape index (κ1) is 16.4. The van der Waals surface area contributed by atoms with Crippen molar-refractivity contribution in [3.8, 4) is 5.75 Å². The lowest BCUT2D eigenvalue weighted by Gasteiger charge is -2.26. The molecule has 2 aliphatic carbocycles. The molecule has 1 aromatic carbocycles. The Balaban J connectivity index is 1.92. The number of hydrogen-bond donors (Lipinski definition) is 2. The lowest BCUT2D eigenvalue weighted by molar-refractivity contribution is -0.274. The van der Waals surface area contributed by atoms with E-state index < -0.39 is 18.2 Å². The maximum atomic E-state index is 12.4. The van der Waals surface area contributed by atoms with Gasteiger partial charge in [0.1, 0.15) is 5.75 Å². The number of ether oxygens (including phenoxy) is 1. The second-order valence-electron chi connectivity index (χ2n) is 6.00. The first-order chi connectivity index (χ1) is 11.2. The van der Waals surface area contributed by atoms with E-state index >= 15 is 0 Å². The summed E-state index contributed by atoms with van der Waals surface area (Å²) in [5.41, 5.74) is 11.2. The quantitative estimate of drug-likeness (QED) is 0.502. The number of fused-ring (bicyclic) bond motifs is 2. The molecular weight excluding hydrogens is 323 g/mol. The lowest BCUT2D eigenvalue weighted by atomic mass is 9.78. The molecule has 1 fully saturated rings. The lowest BCUT2D eigenvalue weighted by Crippen LogP contribution is -2.30.